The van der Waals surface area contributed by atoms with E-state index in [-0.39, 0.29) is 6.42 Å². The number of hydrogen-bond acceptors (Lipinski definition) is 3. The van der Waals surface area contributed by atoms with Crippen molar-refractivity contribution in [2.75, 3.05) is 0 Å². The van der Waals surface area contributed by atoms with Gasteiger partial charge in [-0.05, 0) is 44.9 Å². The van der Waals surface area contributed by atoms with Crippen LogP contribution in [0.1, 0.15) is 31.9 Å². The van der Waals surface area contributed by atoms with Crippen molar-refractivity contribution in [3.63, 3.8) is 0 Å². The molecule has 5 nitrogen and oxygen atoms in total. The van der Waals surface area contributed by atoms with Crippen LogP contribution in [0.3, 0.4) is 0 Å². The van der Waals surface area contributed by atoms with Crippen molar-refractivity contribution < 1.29 is 18.7 Å². The maximum Gasteiger partial charge on any atom is 0.408 e. The van der Waals surface area contributed by atoms with Crippen LogP contribution in [-0.2, 0) is 16.0 Å². The monoisotopic (exact) mass is 296 g/mol. The zero-order valence-corrected chi connectivity index (χ0v) is 12.7. The predicted octanol–water partition coefficient (Wildman–Crippen LogP) is 2.06. The molecule has 21 heavy (non-hydrogen) atoms. The molecule has 1 aromatic rings. The molecule has 1 atom stereocenters. The van der Waals surface area contributed by atoms with Crippen LogP contribution in [0.25, 0.3) is 0 Å². The number of aryl methyl sites for hydroxylation is 1. The number of ether oxygens (including phenoxy) is 1. The van der Waals surface area contributed by atoms with E-state index in [0.717, 1.165) is 5.56 Å². The van der Waals surface area contributed by atoms with Gasteiger partial charge in [0.05, 0.1) is 0 Å². The summed E-state index contributed by atoms with van der Waals surface area (Å²) in [6, 6.07) is 3.62. The first-order chi connectivity index (χ1) is 9.58. The molecule has 0 aliphatic heterocycles. The highest BCUT2D eigenvalue weighted by Gasteiger charge is 2.23. The molecule has 0 aliphatic rings. The van der Waals surface area contributed by atoms with Gasteiger partial charge in [0.2, 0.25) is 5.91 Å². The number of halogens is 1. The maximum atomic E-state index is 13.8. The molecule has 0 fully saturated rings. The molecule has 1 aromatic carbocycles. The Morgan fingerprint density at radius 1 is 1.38 bits per heavy atom. The normalized spacial score (nSPS) is 12.6. The second kappa shape index (κ2) is 6.56. The molecule has 0 saturated carbocycles. The Morgan fingerprint density at radius 2 is 2.00 bits per heavy atom. The van der Waals surface area contributed by atoms with Crippen molar-refractivity contribution in [1.29, 1.82) is 0 Å². The topological polar surface area (TPSA) is 81.4 Å². The van der Waals surface area contributed by atoms with E-state index in [1.807, 2.05) is 0 Å². The quantitative estimate of drug-likeness (QED) is 0.892. The lowest BCUT2D eigenvalue weighted by Gasteiger charge is -2.22. The minimum atomic E-state index is -1.03. The summed E-state index contributed by atoms with van der Waals surface area (Å²) in [4.78, 5) is 23.1. The Morgan fingerprint density at radius 3 is 2.48 bits per heavy atom. The standard InChI is InChI=1S/C15H21FN2O3/c1-9-5-6-10(11(16)7-9)8-12(13(17)19)18-14(20)21-15(2,3)4/h5-7,12H,8H2,1-4H3,(H2,17,19)(H,18,20). The summed E-state index contributed by atoms with van der Waals surface area (Å²) < 4.78 is 18.8. The number of rotatable bonds is 4. The highest BCUT2D eigenvalue weighted by atomic mass is 19.1. The van der Waals surface area contributed by atoms with Crippen molar-refractivity contribution in [1.82, 2.24) is 5.32 Å². The summed E-state index contributed by atoms with van der Waals surface area (Å²) >= 11 is 0. The Hall–Kier alpha value is -2.11. The fourth-order valence-corrected chi connectivity index (χ4v) is 1.71. The second-order valence-electron chi connectivity index (χ2n) is 5.90. The van der Waals surface area contributed by atoms with Crippen molar-refractivity contribution in [3.05, 3.63) is 35.1 Å². The number of nitrogens with two attached hydrogens (primary N) is 1. The lowest BCUT2D eigenvalue weighted by atomic mass is 10.0. The molecule has 0 aromatic heterocycles. The van der Waals surface area contributed by atoms with Gasteiger partial charge in [-0.25, -0.2) is 9.18 Å². The van der Waals surface area contributed by atoms with Gasteiger partial charge in [0, 0.05) is 6.42 Å². The molecule has 2 amide bonds. The largest absolute Gasteiger partial charge is 0.444 e. The van der Waals surface area contributed by atoms with Gasteiger partial charge in [0.25, 0.3) is 0 Å². The summed E-state index contributed by atoms with van der Waals surface area (Å²) in [6.45, 7) is 6.86. The third kappa shape index (κ3) is 5.81. The van der Waals surface area contributed by atoms with Gasteiger partial charge in [-0.3, -0.25) is 4.79 Å². The molecule has 0 radical (unpaired) electrons. The minimum Gasteiger partial charge on any atom is -0.444 e. The molecule has 0 bridgehead atoms. The van der Waals surface area contributed by atoms with E-state index in [0.29, 0.717) is 5.56 Å². The van der Waals surface area contributed by atoms with Gasteiger partial charge in [-0.2, -0.15) is 0 Å². The number of alkyl carbamates (subject to hydrolysis) is 1. The first-order valence-electron chi connectivity index (χ1n) is 6.62. The summed E-state index contributed by atoms with van der Waals surface area (Å²) in [5.41, 5.74) is 5.63. The van der Waals surface area contributed by atoms with Gasteiger partial charge in [0.1, 0.15) is 17.5 Å². The van der Waals surface area contributed by atoms with E-state index in [2.05, 4.69) is 5.32 Å². The molecule has 3 N–H and O–H groups in total. The van der Waals surface area contributed by atoms with E-state index in [9.17, 15) is 14.0 Å². The van der Waals surface area contributed by atoms with Gasteiger partial charge in [-0.15, -0.1) is 0 Å². The van der Waals surface area contributed by atoms with E-state index in [4.69, 9.17) is 10.5 Å². The first-order valence-corrected chi connectivity index (χ1v) is 6.62. The fraction of sp³-hybridized carbons (Fsp3) is 0.467. The van der Waals surface area contributed by atoms with E-state index in [1.54, 1.807) is 39.8 Å². The van der Waals surface area contributed by atoms with Crippen LogP contribution in [0.15, 0.2) is 18.2 Å². The SMILES string of the molecule is Cc1ccc(CC(NC(=O)OC(C)(C)C)C(N)=O)c(F)c1. The lowest BCUT2D eigenvalue weighted by Crippen LogP contribution is -2.47. The number of carbonyl (C=O) groups excluding carboxylic acids is 2. The molecule has 1 unspecified atom stereocenters. The van der Waals surface area contributed by atoms with Crippen LogP contribution in [0, 0.1) is 12.7 Å². The molecular formula is C15H21FN2O3. The van der Waals surface area contributed by atoms with Crippen LogP contribution < -0.4 is 11.1 Å². The highest BCUT2D eigenvalue weighted by Crippen LogP contribution is 2.13. The average molecular weight is 296 g/mol. The zero-order valence-electron chi connectivity index (χ0n) is 12.7. The summed E-state index contributed by atoms with van der Waals surface area (Å²) in [5, 5.41) is 2.36. The fourth-order valence-electron chi connectivity index (χ4n) is 1.71. The molecule has 0 heterocycles. The Kier molecular flexibility index (Phi) is 5.29. The Labute approximate surface area is 123 Å². The van der Waals surface area contributed by atoms with E-state index in [1.165, 1.54) is 6.07 Å². The van der Waals surface area contributed by atoms with Gasteiger partial charge in [-0.1, -0.05) is 12.1 Å². The van der Waals surface area contributed by atoms with Gasteiger partial charge in [0.15, 0.2) is 0 Å². The third-order valence-corrected chi connectivity index (χ3v) is 2.67. The number of nitrogens with one attached hydrogen (secondary N) is 1. The molecular weight excluding hydrogens is 275 g/mol. The van der Waals surface area contributed by atoms with Crippen molar-refractivity contribution in [2.24, 2.45) is 5.73 Å². The van der Waals surface area contributed by atoms with Gasteiger partial charge < -0.3 is 15.8 Å². The minimum absolute atomic E-state index is 0.0271. The maximum absolute atomic E-state index is 13.8. The summed E-state index contributed by atoms with van der Waals surface area (Å²) in [6.07, 6.45) is -0.792. The number of primary amides is 1. The van der Waals surface area contributed by atoms with E-state index >= 15 is 0 Å². The third-order valence-electron chi connectivity index (χ3n) is 2.67. The predicted molar refractivity (Wildman–Crippen MR) is 77.2 cm³/mol. The number of carbonyl (C=O) groups is 2. The van der Waals surface area contributed by atoms with Crippen molar-refractivity contribution in [2.45, 2.75) is 45.8 Å². The van der Waals surface area contributed by atoms with Crippen molar-refractivity contribution in [3.8, 4) is 0 Å². The molecule has 116 valence electrons. The molecule has 1 rings (SSSR count). The molecule has 6 heteroatoms. The first kappa shape index (κ1) is 16.9. The second-order valence-corrected chi connectivity index (χ2v) is 5.90. The molecule has 0 spiro atoms. The van der Waals surface area contributed by atoms with Crippen LogP contribution >= 0.6 is 0 Å². The van der Waals surface area contributed by atoms with Crippen molar-refractivity contribution >= 4 is 12.0 Å². The summed E-state index contributed by atoms with van der Waals surface area (Å²) in [5.74, 6) is -1.19. The molecule has 0 aliphatic carbocycles. The summed E-state index contributed by atoms with van der Waals surface area (Å²) in [7, 11) is 0. The van der Waals surface area contributed by atoms with Crippen LogP contribution in [-0.4, -0.2) is 23.6 Å². The zero-order chi connectivity index (χ0) is 16.2. The number of benzene rings is 1. The lowest BCUT2D eigenvalue weighted by molar-refractivity contribution is -0.120. The highest BCUT2D eigenvalue weighted by molar-refractivity contribution is 5.84. The number of hydrogen-bond donors (Lipinski definition) is 2. The van der Waals surface area contributed by atoms with Crippen LogP contribution in [0.2, 0.25) is 0 Å². The van der Waals surface area contributed by atoms with Crippen LogP contribution in [0.5, 0.6) is 0 Å². The van der Waals surface area contributed by atoms with Crippen LogP contribution in [0.4, 0.5) is 9.18 Å². The Bertz CT molecular complexity index is 538. The van der Waals surface area contributed by atoms with Gasteiger partial charge >= 0.3 is 6.09 Å². The number of amides is 2. The van der Waals surface area contributed by atoms with E-state index < -0.39 is 29.5 Å². The smallest absolute Gasteiger partial charge is 0.408 e. The Balaban J connectivity index is 2.79. The molecule has 0 saturated heterocycles. The average Bonchev–Trinajstić information content (AvgIpc) is 2.28.